The number of fused-ring (bicyclic) bond motifs is 1. The summed E-state index contributed by atoms with van der Waals surface area (Å²) in [6.45, 7) is 0.279. The molecule has 0 fully saturated rings. The Hall–Kier alpha value is -2.61. The monoisotopic (exact) mass is 255 g/mol. The maximum absolute atomic E-state index is 10.4. The van der Waals surface area contributed by atoms with Crippen molar-refractivity contribution in [2.45, 2.75) is 19.4 Å². The Labute approximate surface area is 110 Å². The lowest BCUT2D eigenvalue weighted by atomic mass is 10.1. The molecule has 1 aromatic heterocycles. The molecule has 2 rings (SSSR count). The third-order valence-electron chi connectivity index (χ3n) is 2.75. The molecule has 1 aromatic carbocycles. The largest absolute Gasteiger partial charge is 0.465 e. The third kappa shape index (κ3) is 3.42. The normalized spacial score (nSPS) is 10.1. The van der Waals surface area contributed by atoms with Crippen LogP contribution in [0.3, 0.4) is 0 Å². The topological polar surface area (TPSA) is 86.0 Å². The molecule has 0 unspecified atom stereocenters. The predicted octanol–water partition coefficient (Wildman–Crippen LogP) is 2.46. The first-order valence-corrected chi connectivity index (χ1v) is 5.91. The lowest BCUT2D eigenvalue weighted by Crippen LogP contribution is -2.19. The molecule has 1 heterocycles. The van der Waals surface area contributed by atoms with Gasteiger partial charge in [0.05, 0.1) is 11.6 Å². The number of nitrogens with one attached hydrogen (secondary N) is 1. The number of carbonyl (C=O) groups is 1. The van der Waals surface area contributed by atoms with E-state index in [2.05, 4.69) is 16.4 Å². The van der Waals surface area contributed by atoms with Crippen LogP contribution in [-0.4, -0.2) is 16.2 Å². The molecule has 0 saturated carbocycles. The molecule has 0 atom stereocenters. The Morgan fingerprint density at radius 3 is 2.95 bits per heavy atom. The highest BCUT2D eigenvalue weighted by Crippen LogP contribution is 2.15. The molecule has 0 aliphatic rings. The van der Waals surface area contributed by atoms with Crippen LogP contribution in [0.2, 0.25) is 0 Å². The van der Waals surface area contributed by atoms with Crippen molar-refractivity contribution < 1.29 is 9.90 Å². The molecular formula is C14H13N3O2. The molecular weight excluding hydrogens is 242 g/mol. The Kier molecular flexibility index (Phi) is 3.94. The van der Waals surface area contributed by atoms with Crippen molar-refractivity contribution in [2.75, 3.05) is 0 Å². The minimum absolute atomic E-state index is 0.279. The Morgan fingerprint density at radius 2 is 2.21 bits per heavy atom. The summed E-state index contributed by atoms with van der Waals surface area (Å²) in [7, 11) is 0. The zero-order valence-corrected chi connectivity index (χ0v) is 10.3. The van der Waals surface area contributed by atoms with Crippen LogP contribution >= 0.6 is 0 Å². The average Bonchev–Trinajstić information content (AvgIpc) is 2.42. The second kappa shape index (κ2) is 5.83. The van der Waals surface area contributed by atoms with Crippen LogP contribution < -0.4 is 5.32 Å². The molecule has 0 aliphatic heterocycles. The zero-order chi connectivity index (χ0) is 13.7. The maximum Gasteiger partial charge on any atom is 0.404 e. The molecule has 0 saturated heterocycles. The highest BCUT2D eigenvalue weighted by Gasteiger charge is 2.01. The number of amides is 1. The van der Waals surface area contributed by atoms with Crippen LogP contribution in [0.15, 0.2) is 30.3 Å². The van der Waals surface area contributed by atoms with E-state index in [0.717, 1.165) is 22.2 Å². The predicted molar refractivity (Wildman–Crippen MR) is 70.5 cm³/mol. The molecule has 96 valence electrons. The van der Waals surface area contributed by atoms with E-state index in [1.54, 1.807) is 0 Å². The van der Waals surface area contributed by atoms with E-state index in [9.17, 15) is 4.79 Å². The fourth-order valence-electron chi connectivity index (χ4n) is 1.83. The molecule has 0 spiro atoms. The van der Waals surface area contributed by atoms with E-state index in [1.165, 1.54) is 0 Å². The van der Waals surface area contributed by atoms with Gasteiger partial charge in [-0.25, -0.2) is 4.79 Å². The molecule has 19 heavy (non-hydrogen) atoms. The van der Waals surface area contributed by atoms with E-state index >= 15 is 0 Å². The summed E-state index contributed by atoms with van der Waals surface area (Å²) < 4.78 is 0. The molecule has 2 aromatic rings. The lowest BCUT2D eigenvalue weighted by Gasteiger charge is -2.05. The number of nitrogens with zero attached hydrogens (tertiary/aromatic N) is 2. The molecule has 1 amide bonds. The van der Waals surface area contributed by atoms with Crippen molar-refractivity contribution in [1.82, 2.24) is 10.3 Å². The van der Waals surface area contributed by atoms with E-state index in [-0.39, 0.29) is 6.54 Å². The van der Waals surface area contributed by atoms with Crippen molar-refractivity contribution >= 4 is 17.0 Å². The molecule has 0 radical (unpaired) electrons. The average molecular weight is 255 g/mol. The number of aryl methyl sites for hydroxylation is 1. The quantitative estimate of drug-likeness (QED) is 0.878. The van der Waals surface area contributed by atoms with Crippen molar-refractivity contribution in [1.29, 1.82) is 5.26 Å². The number of rotatable bonds is 4. The minimum Gasteiger partial charge on any atom is -0.465 e. The number of pyridine rings is 1. The number of hydrogen-bond acceptors (Lipinski definition) is 3. The summed E-state index contributed by atoms with van der Waals surface area (Å²) in [5.74, 6) is 0. The van der Waals surface area contributed by atoms with Crippen LogP contribution in [0.1, 0.15) is 17.7 Å². The van der Waals surface area contributed by atoms with Gasteiger partial charge in [-0.05, 0) is 23.8 Å². The van der Waals surface area contributed by atoms with Crippen LogP contribution in [-0.2, 0) is 13.0 Å². The molecule has 5 heteroatoms. The zero-order valence-electron chi connectivity index (χ0n) is 10.3. The highest BCUT2D eigenvalue weighted by molar-refractivity contribution is 5.79. The van der Waals surface area contributed by atoms with Crippen molar-refractivity contribution in [2.24, 2.45) is 0 Å². The first-order valence-electron chi connectivity index (χ1n) is 5.91. The Balaban J connectivity index is 2.20. The van der Waals surface area contributed by atoms with E-state index < -0.39 is 6.09 Å². The number of hydrogen-bond donors (Lipinski definition) is 2. The van der Waals surface area contributed by atoms with Crippen LogP contribution in [0, 0.1) is 11.3 Å². The SMILES string of the molecule is N#CCCc1ccc2cc(CNC(=O)O)ccc2n1. The van der Waals surface area contributed by atoms with Gasteiger partial charge in [-0.3, -0.25) is 4.98 Å². The van der Waals surface area contributed by atoms with Crippen LogP contribution in [0.4, 0.5) is 4.79 Å². The fourth-order valence-corrected chi connectivity index (χ4v) is 1.83. The van der Waals surface area contributed by atoms with Crippen LogP contribution in [0.25, 0.3) is 10.9 Å². The fraction of sp³-hybridized carbons (Fsp3) is 0.214. The molecule has 2 N–H and O–H groups in total. The van der Waals surface area contributed by atoms with Crippen molar-refractivity contribution in [3.05, 3.63) is 41.6 Å². The number of nitriles is 1. The van der Waals surface area contributed by atoms with E-state index in [0.29, 0.717) is 12.8 Å². The summed E-state index contributed by atoms with van der Waals surface area (Å²) in [4.78, 5) is 14.9. The molecule has 5 nitrogen and oxygen atoms in total. The number of benzene rings is 1. The summed E-state index contributed by atoms with van der Waals surface area (Å²) in [5.41, 5.74) is 2.64. The van der Waals surface area contributed by atoms with Gasteiger partial charge in [0.25, 0.3) is 0 Å². The second-order valence-corrected chi connectivity index (χ2v) is 4.15. The van der Waals surface area contributed by atoms with Gasteiger partial charge in [0.15, 0.2) is 0 Å². The Bertz CT molecular complexity index is 647. The standard InChI is InChI=1S/C14H13N3O2/c15-7-1-2-12-5-4-11-8-10(9-16-14(18)19)3-6-13(11)17-12/h3-6,8,16H,1-2,9H2,(H,18,19). The molecule has 0 bridgehead atoms. The number of carboxylic acid groups (broad SMARTS) is 1. The van der Waals surface area contributed by atoms with Crippen molar-refractivity contribution in [3.8, 4) is 6.07 Å². The van der Waals surface area contributed by atoms with Gasteiger partial charge >= 0.3 is 6.09 Å². The maximum atomic E-state index is 10.4. The van der Waals surface area contributed by atoms with E-state index in [4.69, 9.17) is 10.4 Å². The number of aromatic nitrogens is 1. The summed E-state index contributed by atoms with van der Waals surface area (Å²) in [6, 6.07) is 11.6. The third-order valence-corrected chi connectivity index (χ3v) is 2.75. The van der Waals surface area contributed by atoms with Gasteiger partial charge in [0.2, 0.25) is 0 Å². The summed E-state index contributed by atoms with van der Waals surface area (Å²) in [5, 5.41) is 20.4. The lowest BCUT2D eigenvalue weighted by molar-refractivity contribution is 0.194. The van der Waals surface area contributed by atoms with Gasteiger partial charge in [-0.1, -0.05) is 12.1 Å². The van der Waals surface area contributed by atoms with Gasteiger partial charge in [0, 0.05) is 30.5 Å². The smallest absolute Gasteiger partial charge is 0.404 e. The van der Waals surface area contributed by atoms with Crippen LogP contribution in [0.5, 0.6) is 0 Å². The first kappa shape index (κ1) is 12.8. The highest BCUT2D eigenvalue weighted by atomic mass is 16.4. The van der Waals surface area contributed by atoms with Gasteiger partial charge in [0.1, 0.15) is 0 Å². The minimum atomic E-state index is -1.04. The van der Waals surface area contributed by atoms with Gasteiger partial charge < -0.3 is 10.4 Å². The van der Waals surface area contributed by atoms with Gasteiger partial charge in [-0.2, -0.15) is 5.26 Å². The summed E-state index contributed by atoms with van der Waals surface area (Å²) in [6.07, 6.45) is 0.0681. The van der Waals surface area contributed by atoms with Crippen molar-refractivity contribution in [3.63, 3.8) is 0 Å². The first-order chi connectivity index (χ1) is 9.19. The summed E-state index contributed by atoms with van der Waals surface area (Å²) >= 11 is 0. The van der Waals surface area contributed by atoms with Gasteiger partial charge in [-0.15, -0.1) is 0 Å². The second-order valence-electron chi connectivity index (χ2n) is 4.15. The Morgan fingerprint density at radius 1 is 1.37 bits per heavy atom. The van der Waals surface area contributed by atoms with E-state index in [1.807, 2.05) is 30.3 Å². The molecule has 0 aliphatic carbocycles.